The maximum absolute atomic E-state index is 11.4. The number of carboxylic acids is 1. The van der Waals surface area contributed by atoms with Crippen LogP contribution in [0.3, 0.4) is 0 Å². The van der Waals surface area contributed by atoms with Gasteiger partial charge in [0.05, 0.1) is 5.69 Å². The Morgan fingerprint density at radius 1 is 1.47 bits per heavy atom. The Balaban J connectivity index is 2.28. The van der Waals surface area contributed by atoms with Crippen LogP contribution in [0.15, 0.2) is 0 Å². The summed E-state index contributed by atoms with van der Waals surface area (Å²) in [5.74, 6) is 1.65. The van der Waals surface area contributed by atoms with Gasteiger partial charge in [0.15, 0.2) is 5.13 Å². The Kier molecular flexibility index (Phi) is 5.10. The van der Waals surface area contributed by atoms with Gasteiger partial charge in [-0.05, 0) is 24.5 Å². The Hall–Kier alpha value is -0.750. The third-order valence-electron chi connectivity index (χ3n) is 3.41. The van der Waals surface area contributed by atoms with Gasteiger partial charge in [-0.15, -0.1) is 0 Å². The van der Waals surface area contributed by atoms with Gasteiger partial charge in [-0.25, -0.2) is 9.78 Å². The number of aromatic nitrogens is 1. The van der Waals surface area contributed by atoms with Gasteiger partial charge in [0, 0.05) is 18.8 Å². The Bertz CT molecular complexity index is 440. The fraction of sp³-hybridized carbons (Fsp3) is 0.692. The van der Waals surface area contributed by atoms with E-state index in [-0.39, 0.29) is 5.92 Å². The lowest BCUT2D eigenvalue weighted by Gasteiger charge is -2.18. The minimum atomic E-state index is -0.844. The van der Waals surface area contributed by atoms with Crippen molar-refractivity contribution in [2.24, 2.45) is 0 Å². The summed E-state index contributed by atoms with van der Waals surface area (Å²) in [5, 5.41) is 10.2. The van der Waals surface area contributed by atoms with Gasteiger partial charge < -0.3 is 10.0 Å². The zero-order chi connectivity index (χ0) is 13.8. The molecule has 1 atom stereocenters. The third kappa shape index (κ3) is 3.42. The van der Waals surface area contributed by atoms with Crippen LogP contribution >= 0.6 is 23.1 Å². The molecule has 0 spiro atoms. The smallest absolute Gasteiger partial charge is 0.347 e. The molecule has 1 fully saturated rings. The van der Waals surface area contributed by atoms with E-state index in [0.717, 1.165) is 42.5 Å². The van der Waals surface area contributed by atoms with Gasteiger partial charge in [0.2, 0.25) is 0 Å². The van der Waals surface area contributed by atoms with Crippen LogP contribution in [0, 0.1) is 0 Å². The number of rotatable bonds is 4. The summed E-state index contributed by atoms with van der Waals surface area (Å²) in [6.07, 6.45) is 2.06. The zero-order valence-corrected chi connectivity index (χ0v) is 13.0. The number of carboxylic acid groups (broad SMARTS) is 1. The Morgan fingerprint density at radius 2 is 2.26 bits per heavy atom. The summed E-state index contributed by atoms with van der Waals surface area (Å²) in [4.78, 5) is 18.6. The highest BCUT2D eigenvalue weighted by Gasteiger charge is 2.23. The van der Waals surface area contributed by atoms with E-state index in [0.29, 0.717) is 4.88 Å². The van der Waals surface area contributed by atoms with Gasteiger partial charge in [0.1, 0.15) is 4.88 Å². The zero-order valence-electron chi connectivity index (χ0n) is 11.4. The molecule has 1 saturated heterocycles. The molecule has 1 aromatic heterocycles. The standard InChI is InChI=1S/C13H20N2O2S2/c1-3-9(2)10-11(12(16)17)19-13(14-10)15-5-4-7-18-8-6-15/h9H,3-8H2,1-2H3,(H,16,17). The van der Waals surface area contributed by atoms with E-state index >= 15 is 0 Å². The van der Waals surface area contributed by atoms with Crippen molar-refractivity contribution in [2.75, 3.05) is 29.5 Å². The fourth-order valence-corrected chi connectivity index (χ4v) is 4.04. The summed E-state index contributed by atoms with van der Waals surface area (Å²) in [6.45, 7) is 6.07. The minimum Gasteiger partial charge on any atom is -0.477 e. The van der Waals surface area contributed by atoms with Crippen molar-refractivity contribution >= 4 is 34.2 Å². The molecule has 2 heterocycles. The van der Waals surface area contributed by atoms with E-state index in [4.69, 9.17) is 0 Å². The van der Waals surface area contributed by atoms with Crippen LogP contribution in [0.1, 0.15) is 48.0 Å². The molecule has 1 aromatic rings. The first-order valence-corrected chi connectivity index (χ1v) is 8.67. The highest BCUT2D eigenvalue weighted by molar-refractivity contribution is 7.99. The molecule has 1 N–H and O–H groups in total. The molecule has 2 rings (SSSR count). The van der Waals surface area contributed by atoms with Crippen molar-refractivity contribution in [3.63, 3.8) is 0 Å². The number of carbonyl (C=O) groups is 1. The van der Waals surface area contributed by atoms with Crippen molar-refractivity contribution in [3.8, 4) is 0 Å². The molecule has 1 aliphatic heterocycles. The lowest BCUT2D eigenvalue weighted by Crippen LogP contribution is -2.25. The molecule has 0 saturated carbocycles. The Morgan fingerprint density at radius 3 is 2.95 bits per heavy atom. The van der Waals surface area contributed by atoms with Crippen molar-refractivity contribution in [1.29, 1.82) is 0 Å². The lowest BCUT2D eigenvalue weighted by atomic mass is 10.0. The number of thiazole rings is 1. The molecule has 4 nitrogen and oxygen atoms in total. The molecule has 0 bridgehead atoms. The second-order valence-electron chi connectivity index (χ2n) is 4.78. The predicted molar refractivity (Wildman–Crippen MR) is 81.9 cm³/mol. The van der Waals surface area contributed by atoms with Crippen LogP contribution in [0.5, 0.6) is 0 Å². The average Bonchev–Trinajstić information content (AvgIpc) is 2.67. The summed E-state index contributed by atoms with van der Waals surface area (Å²) in [5.41, 5.74) is 0.756. The predicted octanol–water partition coefficient (Wildman–Crippen LogP) is 3.30. The molecule has 0 amide bonds. The van der Waals surface area contributed by atoms with Crippen molar-refractivity contribution in [2.45, 2.75) is 32.6 Å². The first kappa shape index (κ1) is 14.7. The molecule has 0 aliphatic carbocycles. The average molecular weight is 300 g/mol. The molecular formula is C13H20N2O2S2. The molecule has 106 valence electrons. The highest BCUT2D eigenvalue weighted by Crippen LogP contribution is 2.33. The van der Waals surface area contributed by atoms with E-state index in [2.05, 4.69) is 16.8 Å². The molecular weight excluding hydrogens is 280 g/mol. The van der Waals surface area contributed by atoms with Crippen LogP contribution in [-0.2, 0) is 0 Å². The number of hydrogen-bond donors (Lipinski definition) is 1. The molecule has 19 heavy (non-hydrogen) atoms. The van der Waals surface area contributed by atoms with E-state index < -0.39 is 5.97 Å². The maximum atomic E-state index is 11.4. The second-order valence-corrected chi connectivity index (χ2v) is 6.98. The summed E-state index contributed by atoms with van der Waals surface area (Å²) in [7, 11) is 0. The topological polar surface area (TPSA) is 53.4 Å². The minimum absolute atomic E-state index is 0.206. The summed E-state index contributed by atoms with van der Waals surface area (Å²) in [6, 6.07) is 0. The van der Waals surface area contributed by atoms with Crippen LogP contribution < -0.4 is 4.90 Å². The van der Waals surface area contributed by atoms with Crippen LogP contribution in [0.4, 0.5) is 5.13 Å². The number of anilines is 1. The van der Waals surface area contributed by atoms with Gasteiger partial charge in [0.25, 0.3) is 0 Å². The summed E-state index contributed by atoms with van der Waals surface area (Å²) >= 11 is 3.29. The fourth-order valence-electron chi connectivity index (χ4n) is 2.07. The van der Waals surface area contributed by atoms with E-state index in [1.165, 1.54) is 17.1 Å². The molecule has 6 heteroatoms. The summed E-state index contributed by atoms with van der Waals surface area (Å²) < 4.78 is 0. The van der Waals surface area contributed by atoms with Crippen LogP contribution in [-0.4, -0.2) is 40.7 Å². The van der Waals surface area contributed by atoms with Crippen LogP contribution in [0.25, 0.3) is 0 Å². The van der Waals surface area contributed by atoms with E-state index in [9.17, 15) is 9.90 Å². The van der Waals surface area contributed by atoms with Crippen molar-refractivity contribution < 1.29 is 9.90 Å². The second kappa shape index (κ2) is 6.61. The van der Waals surface area contributed by atoms with Gasteiger partial charge in [-0.1, -0.05) is 25.2 Å². The number of hydrogen-bond acceptors (Lipinski definition) is 5. The highest BCUT2D eigenvalue weighted by atomic mass is 32.2. The van der Waals surface area contributed by atoms with Gasteiger partial charge in [-0.3, -0.25) is 0 Å². The molecule has 1 aliphatic rings. The number of nitrogens with zero attached hydrogens (tertiary/aromatic N) is 2. The van der Waals surface area contributed by atoms with Gasteiger partial charge in [-0.2, -0.15) is 11.8 Å². The van der Waals surface area contributed by atoms with Crippen LogP contribution in [0.2, 0.25) is 0 Å². The number of aromatic carboxylic acids is 1. The first-order chi connectivity index (χ1) is 9.13. The monoisotopic (exact) mass is 300 g/mol. The quantitative estimate of drug-likeness (QED) is 0.924. The normalized spacial score (nSPS) is 18.1. The van der Waals surface area contributed by atoms with E-state index in [1.807, 2.05) is 18.7 Å². The largest absolute Gasteiger partial charge is 0.477 e. The third-order valence-corrected chi connectivity index (χ3v) is 5.58. The maximum Gasteiger partial charge on any atom is 0.347 e. The SMILES string of the molecule is CCC(C)c1nc(N2CCCSCC2)sc1C(=O)O. The van der Waals surface area contributed by atoms with E-state index in [1.54, 1.807) is 0 Å². The van der Waals surface area contributed by atoms with Crippen molar-refractivity contribution in [3.05, 3.63) is 10.6 Å². The van der Waals surface area contributed by atoms with Gasteiger partial charge >= 0.3 is 5.97 Å². The lowest BCUT2D eigenvalue weighted by molar-refractivity contribution is 0.0700. The number of thioether (sulfide) groups is 1. The molecule has 0 radical (unpaired) electrons. The van der Waals surface area contributed by atoms with Crippen molar-refractivity contribution in [1.82, 2.24) is 4.98 Å². The molecule has 0 aromatic carbocycles. The Labute approximate surface area is 122 Å². The first-order valence-electron chi connectivity index (χ1n) is 6.70. The molecule has 1 unspecified atom stereocenters.